The van der Waals surface area contributed by atoms with Crippen LogP contribution in [0, 0.1) is 5.92 Å². The highest BCUT2D eigenvalue weighted by Crippen LogP contribution is 2.24. The zero-order chi connectivity index (χ0) is 19.9. The number of sulfonamides is 1. The largest absolute Gasteiger partial charge is 0.398 e. The Morgan fingerprint density at radius 3 is 2.41 bits per heavy atom. The highest BCUT2D eigenvalue weighted by Gasteiger charge is 2.21. The first-order chi connectivity index (χ1) is 12.8. The lowest BCUT2D eigenvalue weighted by Crippen LogP contribution is -2.38. The molecule has 2 aromatic carbocycles. The van der Waals surface area contributed by atoms with E-state index in [-0.39, 0.29) is 23.9 Å². The number of nitrogens with one attached hydrogen (secondary N) is 2. The molecule has 0 amide bonds. The zero-order valence-electron chi connectivity index (χ0n) is 15.9. The normalized spacial score (nSPS) is 13.0. The Morgan fingerprint density at radius 2 is 1.74 bits per heavy atom. The van der Waals surface area contributed by atoms with Crippen LogP contribution in [0.15, 0.2) is 53.4 Å². The van der Waals surface area contributed by atoms with Crippen molar-refractivity contribution >= 4 is 15.7 Å². The van der Waals surface area contributed by atoms with E-state index in [1.165, 1.54) is 0 Å². The molecule has 0 fully saturated rings. The molecule has 0 unspecified atom stereocenters. The minimum Gasteiger partial charge on any atom is -0.398 e. The van der Waals surface area contributed by atoms with Crippen LogP contribution in [0.1, 0.15) is 25.0 Å². The van der Waals surface area contributed by atoms with Crippen LogP contribution in [0.4, 0.5) is 5.69 Å². The quantitative estimate of drug-likeness (QED) is 0.463. The molecule has 7 heteroatoms. The summed E-state index contributed by atoms with van der Waals surface area (Å²) in [7, 11) is -3.75. The molecule has 0 aliphatic heterocycles. The molecular formula is C20H29N3O3S. The van der Waals surface area contributed by atoms with Crippen molar-refractivity contribution in [3.63, 3.8) is 0 Å². The third kappa shape index (κ3) is 6.62. The van der Waals surface area contributed by atoms with Gasteiger partial charge in [0.1, 0.15) is 0 Å². The number of nitrogen functional groups attached to an aromatic ring is 1. The maximum Gasteiger partial charge on any atom is 0.241 e. The van der Waals surface area contributed by atoms with Crippen molar-refractivity contribution in [3.05, 3.63) is 59.7 Å². The van der Waals surface area contributed by atoms with Crippen LogP contribution in [0.2, 0.25) is 0 Å². The van der Waals surface area contributed by atoms with Gasteiger partial charge in [0.15, 0.2) is 0 Å². The van der Waals surface area contributed by atoms with E-state index < -0.39 is 16.1 Å². The number of aliphatic hydroxyl groups is 1. The predicted octanol–water partition coefficient (Wildman–Crippen LogP) is 1.90. The van der Waals surface area contributed by atoms with E-state index in [2.05, 4.69) is 10.0 Å². The van der Waals surface area contributed by atoms with E-state index in [1.807, 2.05) is 44.2 Å². The van der Waals surface area contributed by atoms with E-state index in [9.17, 15) is 13.5 Å². The second kappa shape index (κ2) is 9.85. The number of hydrogen-bond donors (Lipinski definition) is 4. The average molecular weight is 392 g/mol. The smallest absolute Gasteiger partial charge is 0.241 e. The number of aliphatic hydroxyl groups excluding tert-OH is 1. The summed E-state index contributed by atoms with van der Waals surface area (Å²) in [5, 5.41) is 13.2. The molecule has 0 saturated carbocycles. The second-order valence-corrected chi connectivity index (χ2v) is 8.78. The molecule has 6 nitrogen and oxygen atoms in total. The summed E-state index contributed by atoms with van der Waals surface area (Å²) in [6, 6.07) is 14.7. The molecule has 148 valence electrons. The van der Waals surface area contributed by atoms with Crippen LogP contribution in [-0.4, -0.2) is 32.7 Å². The van der Waals surface area contributed by atoms with E-state index >= 15 is 0 Å². The van der Waals surface area contributed by atoms with Gasteiger partial charge < -0.3 is 16.2 Å². The van der Waals surface area contributed by atoms with Crippen molar-refractivity contribution in [2.45, 2.75) is 37.8 Å². The van der Waals surface area contributed by atoms with Gasteiger partial charge in [-0.25, -0.2) is 13.1 Å². The molecule has 2 aromatic rings. The third-order valence-corrected chi connectivity index (χ3v) is 5.64. The van der Waals surface area contributed by atoms with Crippen LogP contribution in [0.3, 0.4) is 0 Å². The Labute approximate surface area is 161 Å². The standard InChI is InChI=1S/C20H29N3O3S/c1-15(2)11-18-19(21)9-6-10-20(18)27(25,26)23-14-17(24)13-22-12-16-7-4-3-5-8-16/h3-10,15,17,22-24H,11-14,21H2,1-2H3/t17-/m1/s1. The third-order valence-electron chi connectivity index (χ3n) is 4.13. The molecule has 27 heavy (non-hydrogen) atoms. The van der Waals surface area contributed by atoms with Gasteiger partial charge in [0.05, 0.1) is 11.0 Å². The molecule has 0 aliphatic rings. The molecule has 0 aromatic heterocycles. The summed E-state index contributed by atoms with van der Waals surface area (Å²) in [4.78, 5) is 0.181. The van der Waals surface area contributed by atoms with Crippen molar-refractivity contribution in [1.82, 2.24) is 10.0 Å². The number of benzene rings is 2. The van der Waals surface area contributed by atoms with Crippen molar-refractivity contribution < 1.29 is 13.5 Å². The van der Waals surface area contributed by atoms with Gasteiger partial charge in [0, 0.05) is 25.3 Å². The van der Waals surface area contributed by atoms with Crippen molar-refractivity contribution in [2.24, 2.45) is 5.92 Å². The number of nitrogens with two attached hydrogens (primary N) is 1. The lowest BCUT2D eigenvalue weighted by atomic mass is 10.0. The molecule has 1 atom stereocenters. The zero-order valence-corrected chi connectivity index (χ0v) is 16.7. The lowest BCUT2D eigenvalue weighted by molar-refractivity contribution is 0.175. The fraction of sp³-hybridized carbons (Fsp3) is 0.400. The summed E-state index contributed by atoms with van der Waals surface area (Å²) < 4.78 is 27.9. The van der Waals surface area contributed by atoms with E-state index in [0.29, 0.717) is 24.2 Å². The first-order valence-corrected chi connectivity index (χ1v) is 10.6. The van der Waals surface area contributed by atoms with Gasteiger partial charge in [0.2, 0.25) is 10.0 Å². The summed E-state index contributed by atoms with van der Waals surface area (Å²) in [6.45, 7) is 4.85. The van der Waals surface area contributed by atoms with Crippen molar-refractivity contribution in [2.75, 3.05) is 18.8 Å². The molecule has 5 N–H and O–H groups in total. The van der Waals surface area contributed by atoms with Gasteiger partial charge in [-0.05, 0) is 35.6 Å². The molecule has 0 spiro atoms. The van der Waals surface area contributed by atoms with Gasteiger partial charge in [-0.2, -0.15) is 0 Å². The Kier molecular flexibility index (Phi) is 7.79. The van der Waals surface area contributed by atoms with Gasteiger partial charge >= 0.3 is 0 Å². The Morgan fingerprint density at radius 1 is 1.04 bits per heavy atom. The maximum absolute atomic E-state index is 12.7. The van der Waals surface area contributed by atoms with Crippen molar-refractivity contribution in [3.8, 4) is 0 Å². The minimum atomic E-state index is -3.75. The monoisotopic (exact) mass is 391 g/mol. The molecular weight excluding hydrogens is 362 g/mol. The first kappa shape index (κ1) is 21.4. The molecule has 0 radical (unpaired) electrons. The minimum absolute atomic E-state index is 0.0694. The highest BCUT2D eigenvalue weighted by molar-refractivity contribution is 7.89. The summed E-state index contributed by atoms with van der Waals surface area (Å²) in [6.07, 6.45) is -0.262. The fourth-order valence-corrected chi connectivity index (χ4v) is 4.15. The van der Waals surface area contributed by atoms with Crippen LogP contribution in [0.25, 0.3) is 0 Å². The maximum atomic E-state index is 12.7. The van der Waals surface area contributed by atoms with Gasteiger partial charge in [0.25, 0.3) is 0 Å². The number of anilines is 1. The average Bonchev–Trinajstić information content (AvgIpc) is 2.62. The molecule has 0 bridgehead atoms. The Bertz CT molecular complexity index is 824. The Balaban J connectivity index is 1.93. The summed E-state index contributed by atoms with van der Waals surface area (Å²) in [5.74, 6) is 0.274. The summed E-state index contributed by atoms with van der Waals surface area (Å²) >= 11 is 0. The number of rotatable bonds is 10. The predicted molar refractivity (Wildman–Crippen MR) is 109 cm³/mol. The molecule has 2 rings (SSSR count). The Hall–Kier alpha value is -1.93. The second-order valence-electron chi connectivity index (χ2n) is 7.04. The van der Waals surface area contributed by atoms with Gasteiger partial charge in [-0.3, -0.25) is 0 Å². The van der Waals surface area contributed by atoms with Crippen LogP contribution < -0.4 is 15.8 Å². The van der Waals surface area contributed by atoms with Crippen LogP contribution in [0.5, 0.6) is 0 Å². The van der Waals surface area contributed by atoms with E-state index in [1.54, 1.807) is 18.2 Å². The topological polar surface area (TPSA) is 104 Å². The van der Waals surface area contributed by atoms with Gasteiger partial charge in [-0.15, -0.1) is 0 Å². The number of hydrogen-bond acceptors (Lipinski definition) is 5. The van der Waals surface area contributed by atoms with Crippen molar-refractivity contribution in [1.29, 1.82) is 0 Å². The fourth-order valence-electron chi connectivity index (χ4n) is 2.80. The van der Waals surface area contributed by atoms with Crippen LogP contribution >= 0.6 is 0 Å². The molecule has 0 saturated heterocycles. The lowest BCUT2D eigenvalue weighted by Gasteiger charge is -2.17. The van der Waals surface area contributed by atoms with Gasteiger partial charge in [-0.1, -0.05) is 50.2 Å². The first-order valence-electron chi connectivity index (χ1n) is 9.09. The SMILES string of the molecule is CC(C)Cc1c(N)cccc1S(=O)(=O)NC[C@H](O)CNCc1ccccc1. The molecule has 0 aliphatic carbocycles. The van der Waals surface area contributed by atoms with E-state index in [4.69, 9.17) is 5.73 Å². The summed E-state index contributed by atoms with van der Waals surface area (Å²) in [5.41, 5.74) is 8.18. The van der Waals surface area contributed by atoms with E-state index in [0.717, 1.165) is 5.56 Å². The highest BCUT2D eigenvalue weighted by atomic mass is 32.2. The van der Waals surface area contributed by atoms with Crippen LogP contribution in [-0.2, 0) is 23.0 Å². The molecule has 0 heterocycles.